The predicted molar refractivity (Wildman–Crippen MR) is 80.1 cm³/mol. The average molecular weight is 274 g/mol. The molecular formula is C15H22N4O. The summed E-state index contributed by atoms with van der Waals surface area (Å²) in [6, 6.07) is 5.93. The van der Waals surface area contributed by atoms with E-state index in [1.54, 1.807) is 0 Å². The van der Waals surface area contributed by atoms with Gasteiger partial charge in [0.05, 0.1) is 12.3 Å². The quantitative estimate of drug-likeness (QED) is 0.914. The van der Waals surface area contributed by atoms with E-state index < -0.39 is 0 Å². The van der Waals surface area contributed by atoms with Crippen LogP contribution in [0.25, 0.3) is 5.65 Å². The number of piperazine rings is 1. The number of aliphatic hydroxyl groups excluding tert-OH is 1. The van der Waals surface area contributed by atoms with Gasteiger partial charge in [0, 0.05) is 32.4 Å². The number of imidazole rings is 1. The molecule has 0 bridgehead atoms. The number of pyridine rings is 1. The van der Waals surface area contributed by atoms with Crippen molar-refractivity contribution in [1.82, 2.24) is 14.3 Å². The van der Waals surface area contributed by atoms with Gasteiger partial charge in [-0.2, -0.15) is 0 Å². The van der Waals surface area contributed by atoms with Crippen LogP contribution in [-0.4, -0.2) is 52.1 Å². The first-order valence-electron chi connectivity index (χ1n) is 7.37. The van der Waals surface area contributed by atoms with E-state index in [1.165, 1.54) is 13.0 Å². The summed E-state index contributed by atoms with van der Waals surface area (Å²) in [7, 11) is 0. The largest absolute Gasteiger partial charge is 0.390 e. The summed E-state index contributed by atoms with van der Waals surface area (Å²) in [6.07, 6.45) is 3.17. The minimum Gasteiger partial charge on any atom is -0.390 e. The van der Waals surface area contributed by atoms with Crippen LogP contribution in [0.3, 0.4) is 0 Å². The summed E-state index contributed by atoms with van der Waals surface area (Å²) in [4.78, 5) is 9.48. The fourth-order valence-corrected chi connectivity index (χ4v) is 2.93. The summed E-state index contributed by atoms with van der Waals surface area (Å²) in [5.41, 5.74) is 1.80. The average Bonchev–Trinajstić information content (AvgIpc) is 2.87. The van der Waals surface area contributed by atoms with E-state index in [0.717, 1.165) is 43.3 Å². The summed E-state index contributed by atoms with van der Waals surface area (Å²) < 4.78 is 1.98. The lowest BCUT2D eigenvalue weighted by molar-refractivity contribution is 0.255. The molecule has 5 heteroatoms. The fourth-order valence-electron chi connectivity index (χ4n) is 2.93. The van der Waals surface area contributed by atoms with Crippen molar-refractivity contribution in [1.29, 1.82) is 0 Å². The number of anilines is 1. The molecule has 3 heterocycles. The third-order valence-corrected chi connectivity index (χ3v) is 3.97. The molecule has 0 amide bonds. The number of hydrogen-bond donors (Lipinski definition) is 1. The molecule has 0 spiro atoms. The Bertz CT molecular complexity index is 572. The van der Waals surface area contributed by atoms with Crippen LogP contribution in [0.5, 0.6) is 0 Å². The van der Waals surface area contributed by atoms with E-state index in [9.17, 15) is 5.11 Å². The molecule has 5 nitrogen and oxygen atoms in total. The molecule has 1 fully saturated rings. The van der Waals surface area contributed by atoms with Crippen molar-refractivity contribution in [3.05, 3.63) is 30.1 Å². The number of hydrogen-bond acceptors (Lipinski definition) is 4. The monoisotopic (exact) mass is 274 g/mol. The number of fused-ring (bicyclic) bond motifs is 1. The summed E-state index contributed by atoms with van der Waals surface area (Å²) in [5.74, 6) is 0.940. The summed E-state index contributed by atoms with van der Waals surface area (Å²) in [6.45, 7) is 7.53. The van der Waals surface area contributed by atoms with Gasteiger partial charge in [0.1, 0.15) is 5.65 Å². The Balaban J connectivity index is 1.84. The second-order valence-corrected chi connectivity index (χ2v) is 5.30. The molecule has 1 N–H and O–H groups in total. The zero-order valence-corrected chi connectivity index (χ0v) is 12.0. The van der Waals surface area contributed by atoms with Gasteiger partial charge in [-0.25, -0.2) is 4.98 Å². The molecule has 1 saturated heterocycles. The first-order chi connectivity index (χ1) is 9.83. The van der Waals surface area contributed by atoms with Gasteiger partial charge in [0.15, 0.2) is 5.82 Å². The van der Waals surface area contributed by atoms with Gasteiger partial charge in [-0.05, 0) is 25.1 Å². The van der Waals surface area contributed by atoms with Crippen LogP contribution in [0, 0.1) is 0 Å². The standard InChI is InChI=1S/C15H22N4O/c1-2-6-17-8-10-18(11-9-17)15-13(12-20)19-7-4-3-5-14(19)16-15/h3-5,7,20H,2,6,8-12H2,1H3. The fraction of sp³-hybridized carbons (Fsp3) is 0.533. The molecule has 2 aromatic heterocycles. The van der Waals surface area contributed by atoms with E-state index >= 15 is 0 Å². The van der Waals surface area contributed by atoms with Crippen molar-refractivity contribution in [3.8, 4) is 0 Å². The van der Waals surface area contributed by atoms with Crippen LogP contribution in [0.15, 0.2) is 24.4 Å². The number of rotatable bonds is 4. The Morgan fingerprint density at radius 3 is 2.70 bits per heavy atom. The van der Waals surface area contributed by atoms with Gasteiger partial charge in [-0.1, -0.05) is 13.0 Å². The predicted octanol–water partition coefficient (Wildman–Crippen LogP) is 1.36. The molecule has 0 aromatic carbocycles. The van der Waals surface area contributed by atoms with Crippen molar-refractivity contribution >= 4 is 11.5 Å². The first-order valence-corrected chi connectivity index (χ1v) is 7.37. The maximum absolute atomic E-state index is 9.67. The smallest absolute Gasteiger partial charge is 0.153 e. The second kappa shape index (κ2) is 5.81. The highest BCUT2D eigenvalue weighted by Crippen LogP contribution is 2.23. The van der Waals surface area contributed by atoms with Gasteiger partial charge >= 0.3 is 0 Å². The van der Waals surface area contributed by atoms with Gasteiger partial charge < -0.3 is 10.0 Å². The first kappa shape index (κ1) is 13.4. The zero-order valence-electron chi connectivity index (χ0n) is 12.0. The maximum Gasteiger partial charge on any atom is 0.153 e. The molecule has 1 aliphatic heterocycles. The van der Waals surface area contributed by atoms with Gasteiger partial charge in [-0.3, -0.25) is 9.30 Å². The summed E-state index contributed by atoms with van der Waals surface area (Å²) in [5, 5.41) is 9.67. The Hall–Kier alpha value is -1.59. The molecule has 0 saturated carbocycles. The maximum atomic E-state index is 9.67. The topological polar surface area (TPSA) is 44.0 Å². The molecule has 20 heavy (non-hydrogen) atoms. The Kier molecular flexibility index (Phi) is 3.89. The Morgan fingerprint density at radius 1 is 1.20 bits per heavy atom. The number of aliphatic hydroxyl groups is 1. The Labute approximate surface area is 119 Å². The SMILES string of the molecule is CCCN1CCN(c2nc3ccccn3c2CO)CC1. The van der Waals surface area contributed by atoms with Gasteiger partial charge in [-0.15, -0.1) is 0 Å². The van der Waals surface area contributed by atoms with Crippen LogP contribution >= 0.6 is 0 Å². The lowest BCUT2D eigenvalue weighted by Gasteiger charge is -2.35. The van der Waals surface area contributed by atoms with Crippen molar-refractivity contribution in [3.63, 3.8) is 0 Å². The van der Waals surface area contributed by atoms with E-state index in [0.29, 0.717) is 0 Å². The highest BCUT2D eigenvalue weighted by Gasteiger charge is 2.22. The normalized spacial score (nSPS) is 17.0. The van der Waals surface area contributed by atoms with Crippen molar-refractivity contribution in [2.45, 2.75) is 20.0 Å². The molecule has 3 rings (SSSR count). The molecule has 0 atom stereocenters. The third-order valence-electron chi connectivity index (χ3n) is 3.97. The molecular weight excluding hydrogens is 252 g/mol. The van der Waals surface area contributed by atoms with Crippen LogP contribution in [0.2, 0.25) is 0 Å². The molecule has 0 aliphatic carbocycles. The van der Waals surface area contributed by atoms with Gasteiger partial charge in [0.25, 0.3) is 0 Å². The number of nitrogens with zero attached hydrogens (tertiary/aromatic N) is 4. The van der Waals surface area contributed by atoms with Crippen molar-refractivity contribution in [2.75, 3.05) is 37.6 Å². The zero-order chi connectivity index (χ0) is 13.9. The lowest BCUT2D eigenvalue weighted by Crippen LogP contribution is -2.47. The van der Waals surface area contributed by atoms with E-state index in [1.807, 2.05) is 28.8 Å². The highest BCUT2D eigenvalue weighted by atomic mass is 16.3. The number of aromatic nitrogens is 2. The van der Waals surface area contributed by atoms with E-state index in [4.69, 9.17) is 0 Å². The Morgan fingerprint density at radius 2 is 2.00 bits per heavy atom. The van der Waals surface area contributed by atoms with Crippen molar-refractivity contribution in [2.24, 2.45) is 0 Å². The molecule has 108 valence electrons. The van der Waals surface area contributed by atoms with E-state index in [-0.39, 0.29) is 6.61 Å². The molecule has 0 unspecified atom stereocenters. The summed E-state index contributed by atoms with van der Waals surface area (Å²) >= 11 is 0. The molecule has 1 aliphatic rings. The van der Waals surface area contributed by atoms with Gasteiger partial charge in [0.2, 0.25) is 0 Å². The molecule has 2 aromatic rings. The van der Waals surface area contributed by atoms with Crippen LogP contribution in [-0.2, 0) is 6.61 Å². The van der Waals surface area contributed by atoms with Crippen LogP contribution in [0.4, 0.5) is 5.82 Å². The lowest BCUT2D eigenvalue weighted by atomic mass is 10.3. The second-order valence-electron chi connectivity index (χ2n) is 5.30. The van der Waals surface area contributed by atoms with Crippen LogP contribution in [0.1, 0.15) is 19.0 Å². The minimum absolute atomic E-state index is 0.0235. The third kappa shape index (κ3) is 2.39. The van der Waals surface area contributed by atoms with Crippen LogP contribution < -0.4 is 4.90 Å². The van der Waals surface area contributed by atoms with E-state index in [2.05, 4.69) is 21.7 Å². The minimum atomic E-state index is 0.0235. The van der Waals surface area contributed by atoms with Crippen molar-refractivity contribution < 1.29 is 5.11 Å². The highest BCUT2D eigenvalue weighted by molar-refractivity contribution is 5.56. The molecule has 0 radical (unpaired) electrons.